The van der Waals surface area contributed by atoms with Gasteiger partial charge in [-0.05, 0) is 90.5 Å². The first kappa shape index (κ1) is 55.2. The number of carbonyl (C=O) groups excluding carboxylic acids is 2. The monoisotopic (exact) mass is 832 g/mol. The molecule has 10 heteroatoms. The Morgan fingerprint density at radius 3 is 1.45 bits per heavy atom. The van der Waals surface area contributed by atoms with Gasteiger partial charge in [0, 0.05) is 19.4 Å². The summed E-state index contributed by atoms with van der Waals surface area (Å²) in [5.41, 5.74) is 0. The summed E-state index contributed by atoms with van der Waals surface area (Å²) in [4.78, 5) is 35.1. The van der Waals surface area contributed by atoms with Crippen molar-refractivity contribution in [3.63, 3.8) is 0 Å². The zero-order valence-corrected chi connectivity index (χ0v) is 37.6. The highest BCUT2D eigenvalue weighted by Crippen LogP contribution is 2.43. The number of phosphoric ester groups is 1. The zero-order chi connectivity index (χ0) is 42.5. The van der Waals surface area contributed by atoms with Crippen LogP contribution in [0.4, 0.5) is 0 Å². The van der Waals surface area contributed by atoms with Gasteiger partial charge in [-0.25, -0.2) is 4.57 Å². The van der Waals surface area contributed by atoms with Crippen molar-refractivity contribution >= 4 is 19.8 Å². The smallest absolute Gasteiger partial charge is 0.462 e. The van der Waals surface area contributed by atoms with Crippen LogP contribution in [-0.2, 0) is 32.7 Å². The van der Waals surface area contributed by atoms with E-state index in [9.17, 15) is 19.0 Å². The minimum atomic E-state index is -4.38. The molecular weight excluding hydrogens is 750 g/mol. The number of ether oxygens (including phenoxy) is 2. The molecule has 2 unspecified atom stereocenters. The molecule has 0 aliphatic heterocycles. The van der Waals surface area contributed by atoms with Gasteiger partial charge < -0.3 is 19.7 Å². The average molecular weight is 832 g/mol. The van der Waals surface area contributed by atoms with Crippen LogP contribution in [0.1, 0.15) is 168 Å². The molecule has 0 aromatic carbocycles. The van der Waals surface area contributed by atoms with Crippen LogP contribution in [0.15, 0.2) is 85.1 Å². The van der Waals surface area contributed by atoms with E-state index < -0.39 is 32.5 Å². The molecule has 0 heterocycles. The molecule has 0 spiro atoms. The first-order valence-electron chi connectivity index (χ1n) is 22.5. The lowest BCUT2D eigenvalue weighted by Crippen LogP contribution is -2.29. The van der Waals surface area contributed by atoms with E-state index in [2.05, 4.69) is 92.1 Å². The number of phosphoric acid groups is 1. The Morgan fingerprint density at radius 1 is 0.534 bits per heavy atom. The Labute approximate surface area is 354 Å². The number of hydrogen-bond donors (Lipinski definition) is 2. The Hall–Kier alpha value is -2.81. The fourth-order valence-corrected chi connectivity index (χ4v) is 6.32. The fraction of sp³-hybridized carbons (Fsp3) is 0.667. The first-order chi connectivity index (χ1) is 28.3. The van der Waals surface area contributed by atoms with E-state index in [1.54, 1.807) is 7.05 Å². The van der Waals surface area contributed by atoms with Gasteiger partial charge in [0.15, 0.2) is 6.10 Å². The first-order valence-corrected chi connectivity index (χ1v) is 24.0. The Morgan fingerprint density at radius 2 is 0.966 bits per heavy atom. The Bertz CT molecular complexity index is 1220. The predicted molar refractivity (Wildman–Crippen MR) is 243 cm³/mol. The summed E-state index contributed by atoms with van der Waals surface area (Å²) >= 11 is 0. The van der Waals surface area contributed by atoms with Gasteiger partial charge in [0.1, 0.15) is 6.61 Å². The molecule has 0 aromatic rings. The van der Waals surface area contributed by atoms with Gasteiger partial charge in [-0.1, -0.05) is 157 Å². The van der Waals surface area contributed by atoms with Crippen molar-refractivity contribution in [3.8, 4) is 0 Å². The fourth-order valence-electron chi connectivity index (χ4n) is 5.56. The molecule has 0 rings (SSSR count). The molecule has 2 atom stereocenters. The van der Waals surface area contributed by atoms with E-state index in [0.717, 1.165) is 57.8 Å². The molecule has 0 amide bonds. The van der Waals surface area contributed by atoms with Crippen molar-refractivity contribution in [1.82, 2.24) is 5.32 Å². The molecule has 0 saturated heterocycles. The standard InChI is InChI=1S/C48H82NO8P/c1-4-6-8-10-12-14-16-18-20-22-23-25-27-29-31-33-35-37-39-41-48(51)57-46(45-56-58(52,53)55-43-42-49-3)44-54-47(50)40-38-36-34-32-30-28-26-24-21-19-17-15-13-11-9-7-5-2/h12-15,18-21,23,25,29,31,35,37,46,49H,4-11,16-17,22,24,26-28,30,32-34,36,38-45H2,1-3H3,(H,52,53)/b14-12-,15-13-,20-18-,21-19-,25-23-,31-29-,37-35-. The van der Waals surface area contributed by atoms with Gasteiger partial charge in [-0.15, -0.1) is 0 Å². The highest BCUT2D eigenvalue weighted by atomic mass is 31.2. The highest BCUT2D eigenvalue weighted by Gasteiger charge is 2.26. The van der Waals surface area contributed by atoms with Gasteiger partial charge in [0.2, 0.25) is 0 Å². The van der Waals surface area contributed by atoms with Crippen LogP contribution < -0.4 is 5.32 Å². The van der Waals surface area contributed by atoms with Crippen molar-refractivity contribution < 1.29 is 37.6 Å². The number of allylic oxidation sites excluding steroid dienone is 14. The number of esters is 2. The van der Waals surface area contributed by atoms with E-state index in [-0.39, 0.29) is 26.1 Å². The Balaban J connectivity index is 4.36. The van der Waals surface area contributed by atoms with Gasteiger partial charge >= 0.3 is 19.8 Å². The number of carbonyl (C=O) groups is 2. The molecule has 0 bridgehead atoms. The number of nitrogens with one attached hydrogen (secondary N) is 1. The van der Waals surface area contributed by atoms with Crippen LogP contribution in [-0.4, -0.2) is 56.3 Å². The van der Waals surface area contributed by atoms with Crippen molar-refractivity contribution in [3.05, 3.63) is 85.1 Å². The summed E-state index contributed by atoms with van der Waals surface area (Å²) in [6.07, 6.45) is 53.5. The van der Waals surface area contributed by atoms with E-state index >= 15 is 0 Å². The van der Waals surface area contributed by atoms with Gasteiger partial charge in [0.25, 0.3) is 0 Å². The van der Waals surface area contributed by atoms with Gasteiger partial charge in [-0.3, -0.25) is 18.6 Å². The lowest BCUT2D eigenvalue weighted by molar-refractivity contribution is -0.161. The largest absolute Gasteiger partial charge is 0.472 e. The molecule has 332 valence electrons. The molecule has 0 fully saturated rings. The quantitative estimate of drug-likeness (QED) is 0.0268. The maximum Gasteiger partial charge on any atom is 0.472 e. The van der Waals surface area contributed by atoms with E-state index in [1.807, 2.05) is 12.2 Å². The molecule has 0 radical (unpaired) electrons. The van der Waals surface area contributed by atoms with Crippen LogP contribution in [0.5, 0.6) is 0 Å². The SMILES string of the molecule is CCCCC/C=C\C/C=C\C/C=C\C/C=C\C/C=C\CCC(=O)OC(COC(=O)CCCCCCCCC/C=C\C/C=C\CCCCC)COP(=O)(O)OCCNC. The Kier molecular flexibility index (Phi) is 41.6. The van der Waals surface area contributed by atoms with Crippen molar-refractivity contribution in [2.45, 2.75) is 174 Å². The molecule has 9 nitrogen and oxygen atoms in total. The molecule has 0 aliphatic carbocycles. The molecule has 0 saturated carbocycles. The van der Waals surface area contributed by atoms with Gasteiger partial charge in [0.05, 0.1) is 13.2 Å². The summed E-state index contributed by atoms with van der Waals surface area (Å²) in [5.74, 6) is -0.918. The van der Waals surface area contributed by atoms with Crippen LogP contribution in [0.3, 0.4) is 0 Å². The number of hydrogen-bond acceptors (Lipinski definition) is 8. The molecule has 2 N–H and O–H groups in total. The summed E-state index contributed by atoms with van der Waals surface area (Å²) in [5, 5.41) is 2.81. The van der Waals surface area contributed by atoms with Crippen LogP contribution in [0, 0.1) is 0 Å². The normalized spacial score (nSPS) is 14.1. The molecular formula is C48H82NO8P. The maximum absolute atomic E-state index is 12.6. The van der Waals surface area contributed by atoms with E-state index in [0.29, 0.717) is 19.4 Å². The second kappa shape index (κ2) is 43.8. The average Bonchev–Trinajstić information content (AvgIpc) is 3.21. The topological polar surface area (TPSA) is 120 Å². The molecule has 58 heavy (non-hydrogen) atoms. The lowest BCUT2D eigenvalue weighted by Gasteiger charge is -2.19. The number of rotatable bonds is 41. The third-order valence-electron chi connectivity index (χ3n) is 9.00. The number of unbranched alkanes of at least 4 members (excludes halogenated alkanes) is 13. The second-order valence-corrected chi connectivity index (χ2v) is 16.0. The van der Waals surface area contributed by atoms with E-state index in [4.69, 9.17) is 18.5 Å². The summed E-state index contributed by atoms with van der Waals surface area (Å²) in [6.45, 7) is 4.06. The highest BCUT2D eigenvalue weighted by molar-refractivity contribution is 7.47. The van der Waals surface area contributed by atoms with Crippen molar-refractivity contribution in [1.29, 1.82) is 0 Å². The maximum atomic E-state index is 12.6. The lowest BCUT2D eigenvalue weighted by atomic mass is 10.1. The van der Waals surface area contributed by atoms with Crippen LogP contribution in [0.2, 0.25) is 0 Å². The zero-order valence-electron chi connectivity index (χ0n) is 36.7. The molecule has 0 aromatic heterocycles. The van der Waals surface area contributed by atoms with Crippen molar-refractivity contribution in [2.24, 2.45) is 0 Å². The summed E-state index contributed by atoms with van der Waals surface area (Å²) in [6, 6.07) is 0. The molecule has 0 aliphatic rings. The minimum absolute atomic E-state index is 0.0359. The van der Waals surface area contributed by atoms with Gasteiger partial charge in [-0.2, -0.15) is 0 Å². The third-order valence-corrected chi connectivity index (χ3v) is 9.99. The number of likely N-dealkylation sites (N-methyl/N-ethyl adjacent to an activating group) is 1. The third kappa shape index (κ3) is 42.8. The van der Waals surface area contributed by atoms with Crippen LogP contribution in [0.25, 0.3) is 0 Å². The minimum Gasteiger partial charge on any atom is -0.462 e. The predicted octanol–water partition coefficient (Wildman–Crippen LogP) is 13.1. The van der Waals surface area contributed by atoms with E-state index in [1.165, 1.54) is 70.6 Å². The second-order valence-electron chi connectivity index (χ2n) is 14.5. The summed E-state index contributed by atoms with van der Waals surface area (Å²) < 4.78 is 33.1. The van der Waals surface area contributed by atoms with Crippen LogP contribution >= 0.6 is 7.82 Å². The van der Waals surface area contributed by atoms with Crippen molar-refractivity contribution in [2.75, 3.05) is 33.4 Å². The summed E-state index contributed by atoms with van der Waals surface area (Å²) in [7, 11) is -2.69.